The molecular weight excluding hydrogens is 320 g/mol. The van der Waals surface area contributed by atoms with Gasteiger partial charge in [0, 0.05) is 17.7 Å². The van der Waals surface area contributed by atoms with Crippen LogP contribution in [0, 0.1) is 0 Å². The summed E-state index contributed by atoms with van der Waals surface area (Å²) in [7, 11) is 0. The molecule has 6 heteroatoms. The van der Waals surface area contributed by atoms with Gasteiger partial charge in [-0.15, -0.1) is 0 Å². The van der Waals surface area contributed by atoms with Gasteiger partial charge >= 0.3 is 5.97 Å². The Bertz CT molecular complexity index is 817. The first-order valence-corrected chi connectivity index (χ1v) is 8.06. The van der Waals surface area contributed by atoms with Crippen LogP contribution in [0.4, 0.5) is 5.69 Å². The molecular formula is C19H18N2O4. The van der Waals surface area contributed by atoms with Crippen molar-refractivity contribution in [2.45, 2.75) is 25.3 Å². The SMILES string of the molecule is O=C1CCCc2cc(C(=O)NC(C(=O)O)c3ccccc3)ccc2N1. The lowest BCUT2D eigenvalue weighted by atomic mass is 10.0. The predicted molar refractivity (Wildman–Crippen MR) is 92.3 cm³/mol. The molecule has 1 heterocycles. The molecule has 0 saturated heterocycles. The van der Waals surface area contributed by atoms with E-state index in [-0.39, 0.29) is 5.91 Å². The fourth-order valence-corrected chi connectivity index (χ4v) is 2.86. The molecule has 0 fully saturated rings. The largest absolute Gasteiger partial charge is 0.479 e. The molecule has 0 saturated carbocycles. The van der Waals surface area contributed by atoms with E-state index < -0.39 is 17.9 Å². The van der Waals surface area contributed by atoms with E-state index in [1.165, 1.54) is 0 Å². The zero-order chi connectivity index (χ0) is 17.8. The Morgan fingerprint density at radius 2 is 1.84 bits per heavy atom. The van der Waals surface area contributed by atoms with Crippen molar-refractivity contribution >= 4 is 23.5 Å². The number of benzene rings is 2. The fourth-order valence-electron chi connectivity index (χ4n) is 2.86. The number of amides is 2. The molecule has 0 radical (unpaired) electrons. The lowest BCUT2D eigenvalue weighted by molar-refractivity contribution is -0.139. The zero-order valence-electron chi connectivity index (χ0n) is 13.5. The number of aliphatic carboxylic acids is 1. The lowest BCUT2D eigenvalue weighted by Crippen LogP contribution is -2.33. The minimum absolute atomic E-state index is 0.0361. The van der Waals surface area contributed by atoms with E-state index in [1.54, 1.807) is 48.5 Å². The van der Waals surface area contributed by atoms with Crippen molar-refractivity contribution in [2.75, 3.05) is 5.32 Å². The highest BCUT2D eigenvalue weighted by Crippen LogP contribution is 2.24. The van der Waals surface area contributed by atoms with Crippen LogP contribution in [-0.2, 0) is 16.0 Å². The molecule has 128 valence electrons. The van der Waals surface area contributed by atoms with Crippen LogP contribution in [0.3, 0.4) is 0 Å². The standard InChI is InChI=1S/C19H18N2O4/c22-16-8-4-7-13-11-14(9-10-15(13)20-16)18(23)21-17(19(24)25)12-5-2-1-3-6-12/h1-3,5-6,9-11,17H,4,7-8H2,(H,20,22)(H,21,23)(H,24,25). The van der Waals surface area contributed by atoms with E-state index in [9.17, 15) is 19.5 Å². The summed E-state index contributed by atoms with van der Waals surface area (Å²) in [5.74, 6) is -1.62. The van der Waals surface area contributed by atoms with Crippen LogP contribution in [0.1, 0.15) is 40.4 Å². The third-order valence-electron chi connectivity index (χ3n) is 4.15. The fraction of sp³-hybridized carbons (Fsp3) is 0.211. The minimum Gasteiger partial charge on any atom is -0.479 e. The molecule has 6 nitrogen and oxygen atoms in total. The number of carbonyl (C=O) groups excluding carboxylic acids is 2. The van der Waals surface area contributed by atoms with Gasteiger partial charge in [0.1, 0.15) is 0 Å². The Morgan fingerprint density at radius 3 is 2.56 bits per heavy atom. The van der Waals surface area contributed by atoms with Crippen molar-refractivity contribution in [2.24, 2.45) is 0 Å². The summed E-state index contributed by atoms with van der Waals surface area (Å²) in [5.41, 5.74) is 2.46. The molecule has 2 amide bonds. The average molecular weight is 338 g/mol. The average Bonchev–Trinajstić information content (AvgIpc) is 2.79. The van der Waals surface area contributed by atoms with Gasteiger partial charge in [-0.05, 0) is 42.2 Å². The zero-order valence-corrected chi connectivity index (χ0v) is 13.5. The van der Waals surface area contributed by atoms with Crippen LogP contribution in [0.5, 0.6) is 0 Å². The van der Waals surface area contributed by atoms with Gasteiger partial charge in [0.05, 0.1) is 0 Å². The topological polar surface area (TPSA) is 95.5 Å². The number of aryl methyl sites for hydroxylation is 1. The molecule has 0 aliphatic carbocycles. The molecule has 0 spiro atoms. The maximum absolute atomic E-state index is 12.5. The number of carbonyl (C=O) groups is 3. The van der Waals surface area contributed by atoms with Gasteiger partial charge in [-0.3, -0.25) is 9.59 Å². The third-order valence-corrected chi connectivity index (χ3v) is 4.15. The van der Waals surface area contributed by atoms with Gasteiger partial charge in [-0.1, -0.05) is 30.3 Å². The molecule has 2 aromatic carbocycles. The van der Waals surface area contributed by atoms with Gasteiger partial charge in [-0.25, -0.2) is 4.79 Å². The molecule has 0 aromatic heterocycles. The van der Waals surface area contributed by atoms with Gasteiger partial charge in [0.15, 0.2) is 6.04 Å². The Hall–Kier alpha value is -3.15. The van der Waals surface area contributed by atoms with Crippen LogP contribution in [0.2, 0.25) is 0 Å². The summed E-state index contributed by atoms with van der Waals surface area (Å²) in [5, 5.41) is 14.8. The van der Waals surface area contributed by atoms with Crippen molar-refractivity contribution in [1.29, 1.82) is 0 Å². The molecule has 25 heavy (non-hydrogen) atoms. The van der Waals surface area contributed by atoms with E-state index in [2.05, 4.69) is 10.6 Å². The number of carboxylic acid groups (broad SMARTS) is 1. The van der Waals surface area contributed by atoms with Gasteiger partial charge in [-0.2, -0.15) is 0 Å². The smallest absolute Gasteiger partial charge is 0.330 e. The van der Waals surface area contributed by atoms with E-state index in [4.69, 9.17) is 0 Å². The second-order valence-electron chi connectivity index (χ2n) is 5.93. The number of carboxylic acids is 1. The van der Waals surface area contributed by atoms with Crippen molar-refractivity contribution in [3.63, 3.8) is 0 Å². The number of rotatable bonds is 4. The highest BCUT2D eigenvalue weighted by atomic mass is 16.4. The molecule has 2 aromatic rings. The van der Waals surface area contributed by atoms with Crippen molar-refractivity contribution in [1.82, 2.24) is 5.32 Å². The molecule has 0 bridgehead atoms. The summed E-state index contributed by atoms with van der Waals surface area (Å²) >= 11 is 0. The predicted octanol–water partition coefficient (Wildman–Crippen LogP) is 2.52. The summed E-state index contributed by atoms with van der Waals surface area (Å²) in [6.45, 7) is 0. The molecule has 1 unspecified atom stereocenters. The van der Waals surface area contributed by atoms with Gasteiger partial charge < -0.3 is 15.7 Å². The first kappa shape index (κ1) is 16.7. The van der Waals surface area contributed by atoms with Crippen LogP contribution in [0.15, 0.2) is 48.5 Å². The molecule has 3 rings (SSSR count). The first-order chi connectivity index (χ1) is 12.0. The maximum atomic E-state index is 12.5. The molecule has 1 aliphatic heterocycles. The molecule has 3 N–H and O–H groups in total. The van der Waals surface area contributed by atoms with Crippen LogP contribution < -0.4 is 10.6 Å². The maximum Gasteiger partial charge on any atom is 0.330 e. The second-order valence-corrected chi connectivity index (χ2v) is 5.93. The Morgan fingerprint density at radius 1 is 1.08 bits per heavy atom. The Labute approximate surface area is 144 Å². The van der Waals surface area contributed by atoms with Crippen molar-refractivity contribution in [3.05, 3.63) is 65.2 Å². The van der Waals surface area contributed by atoms with Gasteiger partial charge in [0.2, 0.25) is 5.91 Å². The van der Waals surface area contributed by atoms with E-state index in [0.29, 0.717) is 36.1 Å². The van der Waals surface area contributed by atoms with E-state index in [0.717, 1.165) is 5.56 Å². The second kappa shape index (κ2) is 7.17. The minimum atomic E-state index is -1.12. The summed E-state index contributed by atoms with van der Waals surface area (Å²) in [6, 6.07) is 12.4. The van der Waals surface area contributed by atoms with E-state index in [1.807, 2.05) is 0 Å². The Kier molecular flexibility index (Phi) is 4.79. The summed E-state index contributed by atoms with van der Waals surface area (Å²) in [4.78, 5) is 35.6. The number of nitrogens with one attached hydrogen (secondary N) is 2. The van der Waals surface area contributed by atoms with Crippen molar-refractivity contribution in [3.8, 4) is 0 Å². The third kappa shape index (κ3) is 3.85. The van der Waals surface area contributed by atoms with Gasteiger partial charge in [0.25, 0.3) is 5.91 Å². The summed E-state index contributed by atoms with van der Waals surface area (Å²) in [6.07, 6.45) is 1.85. The number of hydrogen-bond donors (Lipinski definition) is 3. The highest BCUT2D eigenvalue weighted by Gasteiger charge is 2.23. The normalized spacial score (nSPS) is 14.6. The summed E-state index contributed by atoms with van der Waals surface area (Å²) < 4.78 is 0. The van der Waals surface area contributed by atoms with Crippen LogP contribution >= 0.6 is 0 Å². The van der Waals surface area contributed by atoms with Crippen LogP contribution in [-0.4, -0.2) is 22.9 Å². The number of hydrogen-bond acceptors (Lipinski definition) is 3. The van der Waals surface area contributed by atoms with Crippen LogP contribution in [0.25, 0.3) is 0 Å². The molecule has 1 aliphatic rings. The number of anilines is 1. The highest BCUT2D eigenvalue weighted by molar-refractivity contribution is 5.98. The Balaban J connectivity index is 1.82. The molecule has 1 atom stereocenters. The monoisotopic (exact) mass is 338 g/mol. The van der Waals surface area contributed by atoms with Crippen molar-refractivity contribution < 1.29 is 19.5 Å². The van der Waals surface area contributed by atoms with E-state index >= 15 is 0 Å². The lowest BCUT2D eigenvalue weighted by Gasteiger charge is -2.16. The first-order valence-electron chi connectivity index (χ1n) is 8.06. The quantitative estimate of drug-likeness (QED) is 0.798. The number of fused-ring (bicyclic) bond motifs is 1.